The zero-order chi connectivity index (χ0) is 14.5. The van der Waals surface area contributed by atoms with Gasteiger partial charge in [0.2, 0.25) is 0 Å². The van der Waals surface area contributed by atoms with Crippen molar-refractivity contribution in [1.82, 2.24) is 15.6 Å². The Hall–Kier alpha value is -1.95. The summed E-state index contributed by atoms with van der Waals surface area (Å²) in [6.45, 7) is 0.596. The molecule has 1 unspecified atom stereocenters. The van der Waals surface area contributed by atoms with Gasteiger partial charge in [-0.25, -0.2) is 4.79 Å². The Kier molecular flexibility index (Phi) is 4.68. The van der Waals surface area contributed by atoms with E-state index in [4.69, 9.17) is 11.6 Å². The van der Waals surface area contributed by atoms with Crippen LogP contribution in [-0.2, 0) is 4.79 Å². The average Bonchev–Trinajstić information content (AvgIpc) is 2.95. The van der Waals surface area contributed by atoms with Crippen LogP contribution in [0.15, 0.2) is 24.3 Å². The Bertz CT molecular complexity index is 492. The molecule has 1 aliphatic rings. The highest BCUT2D eigenvalue weighted by atomic mass is 35.5. The maximum atomic E-state index is 12.1. The van der Waals surface area contributed by atoms with Crippen molar-refractivity contribution >= 4 is 29.2 Å². The number of benzene rings is 1. The van der Waals surface area contributed by atoms with E-state index in [1.165, 1.54) is 0 Å². The molecule has 1 fully saturated rings. The number of likely N-dealkylation sites (tertiary alicyclic amines) is 1. The summed E-state index contributed by atoms with van der Waals surface area (Å²) in [7, 11) is 1.56. The van der Waals surface area contributed by atoms with Crippen molar-refractivity contribution in [1.29, 1.82) is 0 Å². The smallest absolute Gasteiger partial charge is 0.317 e. The zero-order valence-electron chi connectivity index (χ0n) is 11.1. The van der Waals surface area contributed by atoms with Gasteiger partial charge < -0.3 is 10.2 Å². The monoisotopic (exact) mass is 296 g/mol. The second kappa shape index (κ2) is 6.47. The molecule has 7 heteroatoms. The van der Waals surface area contributed by atoms with Crippen LogP contribution in [0.25, 0.3) is 0 Å². The van der Waals surface area contributed by atoms with Crippen LogP contribution < -0.4 is 16.2 Å². The number of hydrogen-bond acceptors (Lipinski definition) is 3. The molecule has 2 rings (SSSR count). The number of nitrogens with zero attached hydrogens (tertiary/aromatic N) is 1. The third kappa shape index (κ3) is 3.33. The number of hydrogen-bond donors (Lipinski definition) is 3. The molecule has 1 saturated heterocycles. The SMILES string of the molecule is CNC(=O)N1CCCC1C(=O)NNc1ccc(Cl)cc1. The summed E-state index contributed by atoms with van der Waals surface area (Å²) in [6, 6.07) is 6.30. The molecule has 0 aliphatic carbocycles. The fourth-order valence-corrected chi connectivity index (χ4v) is 2.30. The molecule has 1 aliphatic heterocycles. The van der Waals surface area contributed by atoms with Gasteiger partial charge in [0.1, 0.15) is 6.04 Å². The number of rotatable bonds is 3. The summed E-state index contributed by atoms with van der Waals surface area (Å²) >= 11 is 5.78. The lowest BCUT2D eigenvalue weighted by molar-refractivity contribution is -0.124. The van der Waals surface area contributed by atoms with Gasteiger partial charge in [0.05, 0.1) is 5.69 Å². The largest absolute Gasteiger partial charge is 0.341 e. The van der Waals surface area contributed by atoms with Crippen LogP contribution in [0.4, 0.5) is 10.5 Å². The van der Waals surface area contributed by atoms with E-state index in [0.29, 0.717) is 18.0 Å². The number of hydrazine groups is 1. The van der Waals surface area contributed by atoms with Crippen molar-refractivity contribution in [3.8, 4) is 0 Å². The van der Waals surface area contributed by atoms with E-state index < -0.39 is 6.04 Å². The van der Waals surface area contributed by atoms with Gasteiger partial charge in [-0.05, 0) is 37.1 Å². The maximum Gasteiger partial charge on any atom is 0.317 e. The number of amides is 3. The van der Waals surface area contributed by atoms with Crippen LogP contribution in [-0.4, -0.2) is 36.5 Å². The van der Waals surface area contributed by atoms with Gasteiger partial charge in [-0.3, -0.25) is 15.6 Å². The van der Waals surface area contributed by atoms with Gasteiger partial charge in [-0.1, -0.05) is 11.6 Å². The molecule has 0 saturated carbocycles. The van der Waals surface area contributed by atoms with E-state index >= 15 is 0 Å². The molecule has 20 heavy (non-hydrogen) atoms. The van der Waals surface area contributed by atoms with Crippen molar-refractivity contribution < 1.29 is 9.59 Å². The predicted octanol–water partition coefficient (Wildman–Crippen LogP) is 1.59. The molecular weight excluding hydrogens is 280 g/mol. The van der Waals surface area contributed by atoms with Gasteiger partial charge >= 0.3 is 6.03 Å². The van der Waals surface area contributed by atoms with Gasteiger partial charge in [-0.2, -0.15) is 0 Å². The highest BCUT2D eigenvalue weighted by Gasteiger charge is 2.33. The quantitative estimate of drug-likeness (QED) is 0.742. The minimum atomic E-state index is -0.435. The highest BCUT2D eigenvalue weighted by molar-refractivity contribution is 6.30. The van der Waals surface area contributed by atoms with Crippen LogP contribution >= 0.6 is 11.6 Å². The Balaban J connectivity index is 1.91. The highest BCUT2D eigenvalue weighted by Crippen LogP contribution is 2.17. The molecular formula is C13H17ClN4O2. The van der Waals surface area contributed by atoms with Crippen LogP contribution in [0.1, 0.15) is 12.8 Å². The summed E-state index contributed by atoms with van der Waals surface area (Å²) in [4.78, 5) is 25.3. The third-order valence-corrected chi connectivity index (χ3v) is 3.46. The fourth-order valence-electron chi connectivity index (χ4n) is 2.18. The molecule has 1 heterocycles. The number of urea groups is 1. The first kappa shape index (κ1) is 14.5. The van der Waals surface area contributed by atoms with Gasteiger partial charge in [-0.15, -0.1) is 0 Å². The Labute approximate surface area is 122 Å². The lowest BCUT2D eigenvalue weighted by atomic mass is 10.2. The molecule has 1 aromatic carbocycles. The summed E-state index contributed by atoms with van der Waals surface area (Å²) in [5.41, 5.74) is 6.15. The van der Waals surface area contributed by atoms with Gasteiger partial charge in [0.25, 0.3) is 5.91 Å². The normalized spacial score (nSPS) is 17.7. The van der Waals surface area contributed by atoms with Crippen molar-refractivity contribution in [2.24, 2.45) is 0 Å². The number of carbonyl (C=O) groups is 2. The molecule has 0 spiro atoms. The van der Waals surface area contributed by atoms with Gasteiger partial charge in [0.15, 0.2) is 0 Å². The minimum Gasteiger partial charge on any atom is -0.341 e. The first-order valence-electron chi connectivity index (χ1n) is 6.41. The average molecular weight is 297 g/mol. The van der Waals surface area contributed by atoms with E-state index in [0.717, 1.165) is 12.1 Å². The van der Waals surface area contributed by atoms with Crippen LogP contribution in [0.3, 0.4) is 0 Å². The Morgan fingerprint density at radius 1 is 1.30 bits per heavy atom. The van der Waals surface area contributed by atoms with Crippen molar-refractivity contribution in [2.45, 2.75) is 18.9 Å². The summed E-state index contributed by atoms with van der Waals surface area (Å²) in [5, 5.41) is 3.17. The first-order valence-corrected chi connectivity index (χ1v) is 6.79. The second-order valence-corrected chi connectivity index (χ2v) is 4.96. The molecule has 108 valence electrons. The minimum absolute atomic E-state index is 0.221. The second-order valence-electron chi connectivity index (χ2n) is 4.53. The fraction of sp³-hybridized carbons (Fsp3) is 0.385. The Morgan fingerprint density at radius 2 is 2.00 bits per heavy atom. The predicted molar refractivity (Wildman–Crippen MR) is 77.4 cm³/mol. The first-order chi connectivity index (χ1) is 9.61. The van der Waals surface area contributed by atoms with E-state index in [-0.39, 0.29) is 11.9 Å². The number of anilines is 1. The van der Waals surface area contributed by atoms with Crippen molar-refractivity contribution in [2.75, 3.05) is 19.0 Å². The molecule has 0 aromatic heterocycles. The zero-order valence-corrected chi connectivity index (χ0v) is 11.9. The summed E-state index contributed by atoms with van der Waals surface area (Å²) in [6.07, 6.45) is 1.49. The van der Waals surface area contributed by atoms with Crippen LogP contribution in [0, 0.1) is 0 Å². The standard InChI is InChI=1S/C13H17ClN4O2/c1-15-13(20)18-8-2-3-11(18)12(19)17-16-10-6-4-9(14)5-7-10/h4-7,11,16H,2-3,8H2,1H3,(H,15,20)(H,17,19). The summed E-state index contributed by atoms with van der Waals surface area (Å²) < 4.78 is 0. The van der Waals surface area contributed by atoms with E-state index in [2.05, 4.69) is 16.2 Å². The number of carbonyl (C=O) groups excluding carboxylic acids is 2. The van der Waals surface area contributed by atoms with Crippen LogP contribution in [0.2, 0.25) is 5.02 Å². The number of halogens is 1. The third-order valence-electron chi connectivity index (χ3n) is 3.20. The summed E-state index contributed by atoms with van der Waals surface area (Å²) in [5.74, 6) is -0.221. The lowest BCUT2D eigenvalue weighted by Gasteiger charge is -2.23. The molecule has 3 amide bonds. The molecule has 1 aromatic rings. The molecule has 6 nitrogen and oxygen atoms in total. The van der Waals surface area contributed by atoms with E-state index in [9.17, 15) is 9.59 Å². The van der Waals surface area contributed by atoms with E-state index in [1.54, 1.807) is 36.2 Å². The maximum absolute atomic E-state index is 12.1. The molecule has 3 N–H and O–H groups in total. The van der Waals surface area contributed by atoms with E-state index in [1.807, 2.05) is 0 Å². The number of nitrogens with one attached hydrogen (secondary N) is 3. The lowest BCUT2D eigenvalue weighted by Crippen LogP contribution is -2.49. The molecule has 0 radical (unpaired) electrons. The topological polar surface area (TPSA) is 73.5 Å². The van der Waals surface area contributed by atoms with Crippen LogP contribution in [0.5, 0.6) is 0 Å². The molecule has 0 bridgehead atoms. The molecule has 1 atom stereocenters. The van der Waals surface area contributed by atoms with Crippen molar-refractivity contribution in [3.05, 3.63) is 29.3 Å². The van der Waals surface area contributed by atoms with Gasteiger partial charge in [0, 0.05) is 18.6 Å². The van der Waals surface area contributed by atoms with Crippen molar-refractivity contribution in [3.63, 3.8) is 0 Å². The Morgan fingerprint density at radius 3 is 2.65 bits per heavy atom.